The Hall–Kier alpha value is -2.32. The van der Waals surface area contributed by atoms with Crippen molar-refractivity contribution in [1.82, 2.24) is 16.1 Å². The summed E-state index contributed by atoms with van der Waals surface area (Å²) in [4.78, 5) is 38.4. The van der Waals surface area contributed by atoms with Crippen LogP contribution in [0.2, 0.25) is 0 Å². The minimum Gasteiger partial charge on any atom is -0.357 e. The zero-order valence-corrected chi connectivity index (χ0v) is 20.5. The Morgan fingerprint density at radius 2 is 1.72 bits per heavy atom. The molecule has 1 aromatic rings. The number of thioether (sulfide) groups is 1. The zero-order valence-electron chi connectivity index (χ0n) is 19.7. The highest BCUT2D eigenvalue weighted by molar-refractivity contribution is 7.99. The lowest BCUT2D eigenvalue weighted by Crippen LogP contribution is -2.58. The lowest BCUT2D eigenvalue weighted by atomic mass is 9.81. The van der Waals surface area contributed by atoms with E-state index in [2.05, 4.69) is 17.2 Å². The number of allylic oxidation sites excluding steroid dienone is 1. The summed E-state index contributed by atoms with van der Waals surface area (Å²) >= 11 is 1.57. The number of hydroxylamine groups is 1. The summed E-state index contributed by atoms with van der Waals surface area (Å²) in [6.07, 6.45) is 2.21. The molecule has 8 heteroatoms. The van der Waals surface area contributed by atoms with Crippen LogP contribution < -0.4 is 16.1 Å². The minimum absolute atomic E-state index is 0.128. The van der Waals surface area contributed by atoms with Crippen molar-refractivity contribution in [2.24, 2.45) is 17.8 Å². The molecule has 178 valence electrons. The Kier molecular flexibility index (Phi) is 11.5. The van der Waals surface area contributed by atoms with E-state index in [9.17, 15) is 19.6 Å². The van der Waals surface area contributed by atoms with Crippen LogP contribution in [-0.2, 0) is 20.1 Å². The van der Waals surface area contributed by atoms with E-state index in [0.717, 1.165) is 5.56 Å². The number of benzene rings is 1. The first-order valence-corrected chi connectivity index (χ1v) is 11.8. The third kappa shape index (κ3) is 8.31. The summed E-state index contributed by atoms with van der Waals surface area (Å²) in [7, 11) is 1.53. The van der Waals surface area contributed by atoms with Crippen LogP contribution in [0.4, 0.5) is 0 Å². The Morgan fingerprint density at radius 1 is 1.09 bits per heavy atom. The molecule has 1 rings (SSSR count). The lowest BCUT2D eigenvalue weighted by molar-refractivity contribution is -0.141. The molecule has 0 aromatic heterocycles. The molecule has 3 amide bonds. The second kappa shape index (κ2) is 13.3. The number of nitrogens with one attached hydrogen (secondary N) is 3. The molecule has 0 aliphatic rings. The molecule has 0 heterocycles. The molecular weight excluding hydrogens is 426 g/mol. The Balaban J connectivity index is 3.14. The average Bonchev–Trinajstić information content (AvgIpc) is 2.77. The zero-order chi connectivity index (χ0) is 24.3. The van der Waals surface area contributed by atoms with Gasteiger partial charge in [0.15, 0.2) is 0 Å². The van der Waals surface area contributed by atoms with E-state index < -0.39 is 34.4 Å². The van der Waals surface area contributed by atoms with E-state index in [1.54, 1.807) is 23.3 Å². The molecule has 0 aliphatic carbocycles. The van der Waals surface area contributed by atoms with Gasteiger partial charge in [-0.2, -0.15) is 0 Å². The number of rotatable bonds is 13. The topological polar surface area (TPSA) is 108 Å². The molecule has 1 aromatic carbocycles. The molecule has 0 radical (unpaired) electrons. The van der Waals surface area contributed by atoms with Crippen LogP contribution >= 0.6 is 11.8 Å². The maximum Gasteiger partial charge on any atom is 0.247 e. The fourth-order valence-corrected chi connectivity index (χ4v) is 4.62. The molecule has 0 spiro atoms. The van der Waals surface area contributed by atoms with Crippen LogP contribution in [0.5, 0.6) is 0 Å². The summed E-state index contributed by atoms with van der Waals surface area (Å²) in [6, 6.07) is 9.09. The highest BCUT2D eigenvalue weighted by Gasteiger charge is 2.40. The summed E-state index contributed by atoms with van der Waals surface area (Å²) in [5.74, 6) is -2.04. The predicted octanol–water partition coefficient (Wildman–Crippen LogP) is 3.29. The average molecular weight is 464 g/mol. The molecule has 0 aliphatic heterocycles. The van der Waals surface area contributed by atoms with Crippen molar-refractivity contribution in [3.63, 3.8) is 0 Å². The summed E-state index contributed by atoms with van der Waals surface area (Å²) in [6.45, 7) is 11.4. The van der Waals surface area contributed by atoms with Crippen LogP contribution in [0.3, 0.4) is 0 Å². The van der Waals surface area contributed by atoms with Crippen molar-refractivity contribution in [1.29, 1.82) is 0 Å². The van der Waals surface area contributed by atoms with Crippen LogP contribution in [-0.4, -0.2) is 40.8 Å². The smallest absolute Gasteiger partial charge is 0.247 e. The summed E-state index contributed by atoms with van der Waals surface area (Å²) in [5.41, 5.74) is 2.79. The second-order valence-electron chi connectivity index (χ2n) is 8.78. The molecule has 0 saturated carbocycles. The number of carbonyl (C=O) groups excluding carboxylic acids is 3. The monoisotopic (exact) mass is 463 g/mol. The Bertz CT molecular complexity index is 768. The standard InChI is InChI=1S/C24H37N3O4S/c1-7-11-18(22(29)27-31)19(14-16(2)3)21(28)26-20(23(30)25-6)24(4,5)32-15-17-12-9-8-10-13-17/h7-10,12-13,16,18-20,31H,1,11,14-15H2,2-6H3,(H,25,30)(H,26,28)(H,27,29)/t18-,19+,20?/m0/s1. The SMILES string of the molecule is C=CC[C@H](C(=O)NO)[C@@H](CC(C)C)C(=O)NC(C(=O)NC)C(C)(C)SCc1ccccc1. The number of carbonyl (C=O) groups is 3. The van der Waals surface area contributed by atoms with Gasteiger partial charge in [-0.1, -0.05) is 50.3 Å². The number of amides is 3. The van der Waals surface area contributed by atoms with Gasteiger partial charge < -0.3 is 10.6 Å². The molecule has 0 fully saturated rings. The van der Waals surface area contributed by atoms with Crippen LogP contribution in [0.15, 0.2) is 43.0 Å². The molecule has 7 nitrogen and oxygen atoms in total. The first kappa shape index (κ1) is 27.7. The van der Waals surface area contributed by atoms with Gasteiger partial charge in [0, 0.05) is 17.5 Å². The Labute approximate surface area is 195 Å². The van der Waals surface area contributed by atoms with Crippen LogP contribution in [0.1, 0.15) is 46.1 Å². The van der Waals surface area contributed by atoms with Crippen molar-refractivity contribution in [2.75, 3.05) is 7.05 Å². The van der Waals surface area contributed by atoms with Gasteiger partial charge in [0.05, 0.1) is 11.8 Å². The summed E-state index contributed by atoms with van der Waals surface area (Å²) in [5, 5.41) is 14.7. The molecule has 1 unspecified atom stereocenters. The van der Waals surface area contributed by atoms with Gasteiger partial charge >= 0.3 is 0 Å². The van der Waals surface area contributed by atoms with E-state index in [-0.39, 0.29) is 18.2 Å². The van der Waals surface area contributed by atoms with E-state index in [1.165, 1.54) is 7.05 Å². The normalized spacial score (nSPS) is 14.2. The van der Waals surface area contributed by atoms with Crippen molar-refractivity contribution >= 4 is 29.5 Å². The van der Waals surface area contributed by atoms with E-state index in [4.69, 9.17) is 0 Å². The van der Waals surface area contributed by atoms with E-state index >= 15 is 0 Å². The summed E-state index contributed by atoms with van der Waals surface area (Å²) < 4.78 is -0.624. The van der Waals surface area contributed by atoms with Crippen LogP contribution in [0, 0.1) is 17.8 Å². The fraction of sp³-hybridized carbons (Fsp3) is 0.542. The quantitative estimate of drug-likeness (QED) is 0.204. The molecule has 0 bridgehead atoms. The van der Waals surface area contributed by atoms with Gasteiger partial charge in [-0.25, -0.2) is 5.48 Å². The highest BCUT2D eigenvalue weighted by atomic mass is 32.2. The molecule has 4 N–H and O–H groups in total. The molecule has 3 atom stereocenters. The van der Waals surface area contributed by atoms with Crippen molar-refractivity contribution < 1.29 is 19.6 Å². The van der Waals surface area contributed by atoms with E-state index in [1.807, 2.05) is 58.0 Å². The van der Waals surface area contributed by atoms with Gasteiger partial charge in [-0.3, -0.25) is 19.6 Å². The van der Waals surface area contributed by atoms with Gasteiger partial charge in [-0.15, -0.1) is 18.3 Å². The third-order valence-electron chi connectivity index (χ3n) is 5.36. The second-order valence-corrected chi connectivity index (χ2v) is 10.4. The van der Waals surface area contributed by atoms with Gasteiger partial charge in [0.25, 0.3) is 0 Å². The van der Waals surface area contributed by atoms with Gasteiger partial charge in [0.1, 0.15) is 6.04 Å². The largest absolute Gasteiger partial charge is 0.357 e. The van der Waals surface area contributed by atoms with Gasteiger partial charge in [-0.05, 0) is 38.2 Å². The van der Waals surface area contributed by atoms with Crippen LogP contribution in [0.25, 0.3) is 0 Å². The Morgan fingerprint density at radius 3 is 2.22 bits per heavy atom. The van der Waals surface area contributed by atoms with Crippen molar-refractivity contribution in [3.05, 3.63) is 48.6 Å². The third-order valence-corrected chi connectivity index (χ3v) is 6.82. The first-order valence-electron chi connectivity index (χ1n) is 10.8. The minimum atomic E-state index is -0.815. The maximum absolute atomic E-state index is 13.4. The molecular formula is C24H37N3O4S. The van der Waals surface area contributed by atoms with Crippen molar-refractivity contribution in [3.8, 4) is 0 Å². The fourth-order valence-electron chi connectivity index (χ4n) is 3.55. The van der Waals surface area contributed by atoms with Gasteiger partial charge in [0.2, 0.25) is 17.7 Å². The van der Waals surface area contributed by atoms with Crippen molar-refractivity contribution in [2.45, 2.75) is 57.1 Å². The highest BCUT2D eigenvalue weighted by Crippen LogP contribution is 2.33. The number of hydrogen-bond acceptors (Lipinski definition) is 5. The maximum atomic E-state index is 13.4. The predicted molar refractivity (Wildman–Crippen MR) is 129 cm³/mol. The number of hydrogen-bond donors (Lipinski definition) is 4. The molecule has 0 saturated heterocycles. The number of likely N-dealkylation sites (N-methyl/N-ethyl adjacent to an activating group) is 1. The lowest BCUT2D eigenvalue weighted by Gasteiger charge is -2.35. The van der Waals surface area contributed by atoms with E-state index in [0.29, 0.717) is 12.2 Å². The molecule has 32 heavy (non-hydrogen) atoms. The first-order chi connectivity index (χ1) is 15.1.